The molecule has 5 rings (SSSR count). The largest absolute Gasteiger partial charge is 0.479 e. The molecule has 0 saturated carbocycles. The molecule has 25 atom stereocenters. The third kappa shape index (κ3) is 18.7. The normalized spacial score (nSPS) is 41.2. The summed E-state index contributed by atoms with van der Waals surface area (Å²) < 4.78 is 265. The maximum absolute atomic E-state index is 12.8. The number of aliphatic carboxylic acids is 2. The van der Waals surface area contributed by atoms with E-state index in [1.54, 1.807) is 0 Å². The molecule has 5 fully saturated rings. The molecule has 0 aromatic rings. The average Bonchev–Trinajstić information content (AvgIpc) is 3.27. The summed E-state index contributed by atoms with van der Waals surface area (Å²) >= 11 is 0. The van der Waals surface area contributed by atoms with Gasteiger partial charge < -0.3 is 99.4 Å². The number of nitrogens with two attached hydrogens (primary N) is 1. The number of hydrogen-bond donors (Lipinski definition) is 19. The number of hydrogen-bond acceptors (Lipinski definition) is 36. The van der Waals surface area contributed by atoms with Gasteiger partial charge in [-0.05, 0) is 0 Å². The summed E-state index contributed by atoms with van der Waals surface area (Å²) in [5, 5.41) is 107. The van der Waals surface area contributed by atoms with Gasteiger partial charge in [0.25, 0.3) is 0 Å². The van der Waals surface area contributed by atoms with E-state index in [0.29, 0.717) is 0 Å². The molecule has 5 aliphatic heterocycles. The van der Waals surface area contributed by atoms with Crippen LogP contribution in [0.5, 0.6) is 0 Å². The van der Waals surface area contributed by atoms with Gasteiger partial charge in [-0.2, -0.15) is 60.0 Å². The van der Waals surface area contributed by atoms with Crippen molar-refractivity contribution in [2.45, 2.75) is 153 Å². The highest BCUT2D eigenvalue weighted by Gasteiger charge is 2.60. The number of nitrogens with one attached hydrogen (secondary N) is 2. The van der Waals surface area contributed by atoms with Crippen LogP contribution < -0.4 is 15.2 Å². The first-order chi connectivity index (χ1) is 37.3. The molecule has 5 heterocycles. The summed E-state index contributed by atoms with van der Waals surface area (Å²) in [6.07, 6.45) is -58.3. The number of ether oxygens (including phenoxy) is 9. The lowest BCUT2D eigenvalue weighted by Crippen LogP contribution is -2.70. The molecule has 0 aromatic carbocycles. The highest BCUT2D eigenvalue weighted by molar-refractivity contribution is 7.84. The third-order valence-electron chi connectivity index (χ3n) is 11.8. The Bertz CT molecular complexity index is 2920. The summed E-state index contributed by atoms with van der Waals surface area (Å²) in [6.45, 7) is -4.48. The van der Waals surface area contributed by atoms with E-state index in [-0.39, 0.29) is 0 Å². The SMILES string of the molecule is N[C@H]1[C@@H](O[C@H]2[C@H](O)[C@@H](OS(=O)(=O)O)[C@H](O[C@H]3[C@H](O)[C@@H](NS(=O)(=O)O)[C@@H](O)O[C@@H]3COS(=O)(=O)O)O[C@@H]2C(=O)O)O[C@H](CO)[C@@H](O[C@@H]2O[C@H](C(=O)O)[C@@H](O[C@H]3O[C@H](COS(=O)(=O)O)[C@@H](O)[C@H](O)[C@H]3NS(=O)(=O)O)[C@H](O)[C@H]2O)[C@@H]1OS(=O)(=O)O. The van der Waals surface area contributed by atoms with Crippen LogP contribution in [-0.2, 0) is 131 Å². The Morgan fingerprint density at radius 3 is 1.35 bits per heavy atom. The number of carboxylic acids is 2. The van der Waals surface area contributed by atoms with Gasteiger partial charge in [0.05, 0.1) is 25.9 Å². The minimum atomic E-state index is -5.97. The van der Waals surface area contributed by atoms with Crippen LogP contribution in [0.4, 0.5) is 0 Å². The van der Waals surface area contributed by atoms with Gasteiger partial charge in [0.2, 0.25) is 0 Å². The van der Waals surface area contributed by atoms with Crippen LogP contribution in [0, 0.1) is 0 Å². The van der Waals surface area contributed by atoms with E-state index >= 15 is 0 Å². The molecule has 0 bridgehead atoms. The average molecular weight is 1330 g/mol. The van der Waals surface area contributed by atoms with Crippen LogP contribution in [0.3, 0.4) is 0 Å². The van der Waals surface area contributed by atoms with Crippen molar-refractivity contribution in [2.24, 2.45) is 5.73 Å². The number of carbonyl (C=O) groups is 2. The second-order valence-corrected chi connectivity index (χ2v) is 24.1. The Balaban J connectivity index is 1.45. The smallest absolute Gasteiger partial charge is 0.397 e. The molecule has 20 N–H and O–H groups in total. The summed E-state index contributed by atoms with van der Waals surface area (Å²) in [6, 6.07) is -7.42. The van der Waals surface area contributed by atoms with Gasteiger partial charge in [-0.15, -0.1) is 0 Å². The first kappa shape index (κ1) is 70.2. The quantitative estimate of drug-likeness (QED) is 0.0377. The molecule has 0 radical (unpaired) electrons. The zero-order valence-electron chi connectivity index (χ0n) is 39.8. The van der Waals surface area contributed by atoms with Gasteiger partial charge >= 0.3 is 74.1 Å². The van der Waals surface area contributed by atoms with Crippen molar-refractivity contribution < 1.29 is 198 Å². The van der Waals surface area contributed by atoms with Gasteiger partial charge in [-0.3, -0.25) is 27.3 Å². The number of rotatable bonds is 25. The van der Waals surface area contributed by atoms with Crippen LogP contribution in [0.25, 0.3) is 0 Å². The van der Waals surface area contributed by atoms with Crippen molar-refractivity contribution in [1.29, 1.82) is 0 Å². The standard InChI is InChI=1S/C30H51N3O43S6/c31-7-18(75-81(58,59)60)17(70-29-14(39)13(38)19(22(73-29)24(41)42)72-28-9(33-78(49,50)51)11(36)10(35)5(68-28)2-64-79(52,53)54)4(1-34)67-27(7)71-20-15(40)21(76-82(61,62)63)30(74-23(20)25(43)44)69-16-6(3-65-80(55,56)57)66-26(45)8(12(16)37)32-77(46,47)48/h4-23,26-30,32-40,45H,1-3,31H2,(H,41,42)(H,43,44)(H,46,47,48)(H,49,50,51)(H,52,53,54)(H,55,56,57)(H,58,59,60)(H,61,62,63)/t4-,5-,6-,7-,8-,9-,10-,11-,12-,13-,14-,15+,16-,17-,18-,19+,20+,21-,22+,23+,26+,27-,28-,29-,30-/m1/s1. The van der Waals surface area contributed by atoms with Crippen molar-refractivity contribution in [3.05, 3.63) is 0 Å². The molecule has 82 heavy (non-hydrogen) atoms. The predicted octanol–water partition coefficient (Wildman–Crippen LogP) is -13.7. The number of aliphatic hydroxyl groups is 8. The Hall–Kier alpha value is -2.56. The van der Waals surface area contributed by atoms with Crippen LogP contribution in [0.1, 0.15) is 0 Å². The van der Waals surface area contributed by atoms with Crippen molar-refractivity contribution in [2.75, 3.05) is 19.8 Å². The summed E-state index contributed by atoms with van der Waals surface area (Å²) in [5.74, 6) is -4.53. The fraction of sp³-hybridized carbons (Fsp3) is 0.933. The van der Waals surface area contributed by atoms with Gasteiger partial charge in [0.1, 0.15) is 97.5 Å². The Morgan fingerprint density at radius 2 is 0.866 bits per heavy atom. The Labute approximate surface area is 458 Å². The van der Waals surface area contributed by atoms with Crippen LogP contribution in [0.15, 0.2) is 0 Å². The van der Waals surface area contributed by atoms with Crippen molar-refractivity contribution in [3.8, 4) is 0 Å². The Morgan fingerprint density at radius 1 is 0.427 bits per heavy atom. The molecule has 480 valence electrons. The Kier molecular flexibility index (Phi) is 23.0. The molecule has 5 aliphatic rings. The van der Waals surface area contributed by atoms with Gasteiger partial charge in [-0.1, -0.05) is 0 Å². The van der Waals surface area contributed by atoms with Gasteiger partial charge in [-0.25, -0.2) is 26.3 Å². The van der Waals surface area contributed by atoms with E-state index in [4.69, 9.17) is 57.5 Å². The lowest BCUT2D eigenvalue weighted by molar-refractivity contribution is -0.372. The summed E-state index contributed by atoms with van der Waals surface area (Å²) in [5.41, 5.74) is 6.15. The zero-order valence-corrected chi connectivity index (χ0v) is 44.7. The van der Waals surface area contributed by atoms with Crippen LogP contribution in [-0.4, -0.2) is 314 Å². The van der Waals surface area contributed by atoms with Gasteiger partial charge in [0.15, 0.2) is 49.8 Å². The molecule has 0 amide bonds. The molecule has 0 aliphatic carbocycles. The lowest BCUT2D eigenvalue weighted by Gasteiger charge is -2.50. The second kappa shape index (κ2) is 26.8. The first-order valence-corrected chi connectivity index (χ1v) is 30.2. The number of carboxylic acid groups (broad SMARTS) is 2. The number of aliphatic hydroxyl groups excluding tert-OH is 8. The second-order valence-electron chi connectivity index (χ2n) is 17.4. The van der Waals surface area contributed by atoms with E-state index in [1.165, 1.54) is 9.44 Å². The van der Waals surface area contributed by atoms with Crippen LogP contribution >= 0.6 is 0 Å². The minimum absolute atomic E-state index is 1.26. The molecule has 5 saturated heterocycles. The first-order valence-electron chi connectivity index (χ1n) is 21.8. The maximum atomic E-state index is 12.8. The van der Waals surface area contributed by atoms with E-state index in [1.807, 2.05) is 0 Å². The molecule has 46 nitrogen and oxygen atoms in total. The third-order valence-corrected chi connectivity index (χ3v) is 14.7. The van der Waals surface area contributed by atoms with E-state index in [0.717, 1.165) is 0 Å². The molecular formula is C30H51N3O43S6. The topological polar surface area (TPSA) is 733 Å². The van der Waals surface area contributed by atoms with E-state index < -0.39 is 247 Å². The zero-order chi connectivity index (χ0) is 62.3. The molecule has 52 heteroatoms. The highest BCUT2D eigenvalue weighted by atomic mass is 32.3. The highest BCUT2D eigenvalue weighted by Crippen LogP contribution is 2.37. The fourth-order valence-electron chi connectivity index (χ4n) is 8.39. The van der Waals surface area contributed by atoms with Crippen molar-refractivity contribution in [3.63, 3.8) is 0 Å². The van der Waals surface area contributed by atoms with Crippen LogP contribution in [0.2, 0.25) is 0 Å². The molecular weight excluding hydrogens is 1280 g/mol. The molecule has 0 spiro atoms. The van der Waals surface area contributed by atoms with E-state index in [2.05, 4.69) is 16.7 Å². The van der Waals surface area contributed by atoms with Crippen molar-refractivity contribution >= 4 is 74.1 Å². The van der Waals surface area contributed by atoms with Gasteiger partial charge in [0, 0.05) is 0 Å². The molecule has 0 aromatic heterocycles. The maximum Gasteiger partial charge on any atom is 0.397 e. The van der Waals surface area contributed by atoms with E-state index in [9.17, 15) is 129 Å². The lowest BCUT2D eigenvalue weighted by atomic mass is 9.94. The summed E-state index contributed by atoms with van der Waals surface area (Å²) in [7, 11) is -33.6. The monoisotopic (exact) mass is 1330 g/mol. The summed E-state index contributed by atoms with van der Waals surface area (Å²) in [4.78, 5) is 25.4. The fourth-order valence-corrected chi connectivity index (χ4v) is 11.2. The minimum Gasteiger partial charge on any atom is -0.479 e. The molecule has 0 unspecified atom stereocenters. The van der Waals surface area contributed by atoms with Crippen molar-refractivity contribution in [1.82, 2.24) is 9.44 Å². The predicted molar refractivity (Wildman–Crippen MR) is 236 cm³/mol.